The van der Waals surface area contributed by atoms with E-state index in [1.807, 2.05) is 50.7 Å². The SMILES string of the molecule is CCN(CC)S(=O)(=O)c1ccc2c(c1)nc(CCC(=O)Nc1cc(C#N)cn1C(C)(C)C)n2CC. The molecule has 0 spiro atoms. The Hall–Kier alpha value is -3.16. The van der Waals surface area contributed by atoms with Crippen LogP contribution in [0.2, 0.25) is 0 Å². The van der Waals surface area contributed by atoms with Crippen molar-refractivity contribution in [3.63, 3.8) is 0 Å². The summed E-state index contributed by atoms with van der Waals surface area (Å²) in [6.45, 7) is 13.1. The highest BCUT2D eigenvalue weighted by Crippen LogP contribution is 2.25. The Labute approximate surface area is 207 Å². The van der Waals surface area contributed by atoms with Gasteiger partial charge in [0.1, 0.15) is 17.7 Å². The molecule has 0 bridgehead atoms. The topological polar surface area (TPSA) is 113 Å². The van der Waals surface area contributed by atoms with Crippen LogP contribution in [0.4, 0.5) is 5.82 Å². The molecule has 3 rings (SSSR count). The molecule has 1 amide bonds. The standard InChI is InChI=1S/C25H34N6O3S/c1-7-29(8-2)35(33,34)19-10-11-21-20(15-19)27-22(30(21)9-3)12-13-24(32)28-23-14-18(16-26)17-31(23)25(4,5)6/h10-11,14-15,17H,7-9,12-13H2,1-6H3,(H,28,32). The number of nitrogens with zero attached hydrogens (tertiary/aromatic N) is 5. The largest absolute Gasteiger partial charge is 0.328 e. The van der Waals surface area contributed by atoms with Crippen molar-refractivity contribution in [3.8, 4) is 6.07 Å². The summed E-state index contributed by atoms with van der Waals surface area (Å²) in [5, 5.41) is 12.2. The van der Waals surface area contributed by atoms with Gasteiger partial charge in [-0.1, -0.05) is 13.8 Å². The fourth-order valence-electron chi connectivity index (χ4n) is 4.18. The first-order valence-electron chi connectivity index (χ1n) is 11.9. The summed E-state index contributed by atoms with van der Waals surface area (Å²) in [5.74, 6) is 1.12. The summed E-state index contributed by atoms with van der Waals surface area (Å²) in [5.41, 5.74) is 1.62. The number of imidazole rings is 1. The molecule has 0 atom stereocenters. The molecule has 2 aromatic heterocycles. The van der Waals surface area contributed by atoms with E-state index in [9.17, 15) is 18.5 Å². The van der Waals surface area contributed by atoms with E-state index < -0.39 is 10.0 Å². The normalized spacial score (nSPS) is 12.3. The molecular weight excluding hydrogens is 464 g/mol. The third kappa shape index (κ3) is 5.41. The second kappa shape index (κ2) is 10.2. The highest BCUT2D eigenvalue weighted by molar-refractivity contribution is 7.89. The van der Waals surface area contributed by atoms with Gasteiger partial charge in [-0.15, -0.1) is 0 Å². The van der Waals surface area contributed by atoms with Gasteiger partial charge in [-0.25, -0.2) is 13.4 Å². The molecule has 0 unspecified atom stereocenters. The average molecular weight is 499 g/mol. The maximum Gasteiger partial charge on any atom is 0.243 e. The summed E-state index contributed by atoms with van der Waals surface area (Å²) < 4.78 is 31.1. The van der Waals surface area contributed by atoms with Crippen molar-refractivity contribution >= 4 is 32.8 Å². The first kappa shape index (κ1) is 26.4. The first-order valence-corrected chi connectivity index (χ1v) is 13.3. The highest BCUT2D eigenvalue weighted by atomic mass is 32.2. The lowest BCUT2D eigenvalue weighted by atomic mass is 10.1. The van der Waals surface area contributed by atoms with E-state index in [2.05, 4.69) is 16.4 Å². The number of nitriles is 1. The van der Waals surface area contributed by atoms with E-state index in [0.29, 0.717) is 43.0 Å². The van der Waals surface area contributed by atoms with E-state index in [-0.39, 0.29) is 22.8 Å². The molecule has 188 valence electrons. The quantitative estimate of drug-likeness (QED) is 0.477. The Morgan fingerprint density at radius 1 is 1.17 bits per heavy atom. The Kier molecular flexibility index (Phi) is 7.72. The minimum absolute atomic E-state index is 0.183. The lowest BCUT2D eigenvalue weighted by molar-refractivity contribution is -0.116. The number of amides is 1. The Bertz CT molecular complexity index is 1370. The predicted molar refractivity (Wildman–Crippen MR) is 137 cm³/mol. The van der Waals surface area contributed by atoms with Gasteiger partial charge in [0.05, 0.1) is 21.5 Å². The van der Waals surface area contributed by atoms with Crippen molar-refractivity contribution in [2.45, 2.75) is 71.4 Å². The van der Waals surface area contributed by atoms with Gasteiger partial charge in [0.15, 0.2) is 0 Å². The number of hydrogen-bond acceptors (Lipinski definition) is 5. The van der Waals surface area contributed by atoms with E-state index in [1.54, 1.807) is 30.5 Å². The molecule has 2 heterocycles. The highest BCUT2D eigenvalue weighted by Gasteiger charge is 2.23. The molecule has 0 aliphatic rings. The zero-order valence-electron chi connectivity index (χ0n) is 21.3. The van der Waals surface area contributed by atoms with Crippen LogP contribution in [0.3, 0.4) is 0 Å². The summed E-state index contributed by atoms with van der Waals surface area (Å²) in [6.07, 6.45) is 2.33. The number of benzene rings is 1. The number of fused-ring (bicyclic) bond motifs is 1. The van der Waals surface area contributed by atoms with Crippen molar-refractivity contribution < 1.29 is 13.2 Å². The molecule has 10 heteroatoms. The minimum Gasteiger partial charge on any atom is -0.328 e. The van der Waals surface area contributed by atoms with Crippen molar-refractivity contribution in [2.24, 2.45) is 0 Å². The van der Waals surface area contributed by atoms with Crippen LogP contribution in [0.15, 0.2) is 35.4 Å². The van der Waals surface area contributed by atoms with Crippen molar-refractivity contribution in [1.82, 2.24) is 18.4 Å². The van der Waals surface area contributed by atoms with Crippen LogP contribution in [0.5, 0.6) is 0 Å². The number of anilines is 1. The van der Waals surface area contributed by atoms with Gasteiger partial charge < -0.3 is 14.5 Å². The van der Waals surface area contributed by atoms with Gasteiger partial charge in [-0.3, -0.25) is 4.79 Å². The summed E-state index contributed by atoms with van der Waals surface area (Å²) in [6, 6.07) is 8.80. The molecule has 35 heavy (non-hydrogen) atoms. The summed E-state index contributed by atoms with van der Waals surface area (Å²) >= 11 is 0. The molecule has 0 saturated carbocycles. The predicted octanol–water partition coefficient (Wildman–Crippen LogP) is 4.09. The third-order valence-corrected chi connectivity index (χ3v) is 8.02. The zero-order valence-corrected chi connectivity index (χ0v) is 22.1. The van der Waals surface area contributed by atoms with Crippen molar-refractivity contribution in [1.29, 1.82) is 5.26 Å². The van der Waals surface area contributed by atoms with Crippen LogP contribution >= 0.6 is 0 Å². The molecule has 0 saturated heterocycles. The maximum atomic E-state index is 12.9. The number of hydrogen-bond donors (Lipinski definition) is 1. The lowest BCUT2D eigenvalue weighted by Crippen LogP contribution is -2.30. The Morgan fingerprint density at radius 2 is 1.86 bits per heavy atom. The van der Waals surface area contributed by atoms with E-state index in [4.69, 9.17) is 0 Å². The van der Waals surface area contributed by atoms with E-state index >= 15 is 0 Å². The van der Waals surface area contributed by atoms with Crippen LogP contribution in [-0.2, 0) is 33.3 Å². The fourth-order valence-corrected chi connectivity index (χ4v) is 5.66. The van der Waals surface area contributed by atoms with Crippen LogP contribution in [0, 0.1) is 11.3 Å². The Balaban J connectivity index is 1.83. The number of nitrogens with one attached hydrogen (secondary N) is 1. The molecular formula is C25H34N6O3S. The average Bonchev–Trinajstić information content (AvgIpc) is 3.38. The molecule has 0 aliphatic carbocycles. The monoisotopic (exact) mass is 498 g/mol. The molecule has 0 radical (unpaired) electrons. The number of aryl methyl sites for hydroxylation is 2. The summed E-state index contributed by atoms with van der Waals surface area (Å²) in [7, 11) is -3.59. The number of aromatic nitrogens is 3. The van der Waals surface area contributed by atoms with Crippen LogP contribution in [0.1, 0.15) is 59.4 Å². The number of rotatable bonds is 9. The summed E-state index contributed by atoms with van der Waals surface area (Å²) in [4.78, 5) is 17.7. The van der Waals surface area contributed by atoms with Gasteiger partial charge in [-0.2, -0.15) is 9.57 Å². The number of carbonyl (C=O) groups excluding carboxylic acids is 1. The third-order valence-electron chi connectivity index (χ3n) is 5.97. The maximum absolute atomic E-state index is 12.9. The second-order valence-corrected chi connectivity index (χ2v) is 11.3. The molecule has 1 N–H and O–H groups in total. The Morgan fingerprint density at radius 3 is 2.43 bits per heavy atom. The van der Waals surface area contributed by atoms with E-state index in [1.165, 1.54) is 4.31 Å². The molecule has 0 aliphatic heterocycles. The van der Waals surface area contributed by atoms with E-state index in [0.717, 1.165) is 11.3 Å². The van der Waals surface area contributed by atoms with Crippen molar-refractivity contribution in [3.05, 3.63) is 41.9 Å². The van der Waals surface area contributed by atoms with Gasteiger partial charge in [-0.05, 0) is 52.0 Å². The fraction of sp³-hybridized carbons (Fsp3) is 0.480. The molecule has 1 aromatic carbocycles. The minimum atomic E-state index is -3.59. The first-order chi connectivity index (χ1) is 16.5. The lowest BCUT2D eigenvalue weighted by Gasteiger charge is -2.24. The molecule has 3 aromatic rings. The van der Waals surface area contributed by atoms with Gasteiger partial charge in [0, 0.05) is 44.2 Å². The van der Waals surface area contributed by atoms with Gasteiger partial charge in [0.2, 0.25) is 15.9 Å². The van der Waals surface area contributed by atoms with Crippen molar-refractivity contribution in [2.75, 3.05) is 18.4 Å². The number of sulfonamides is 1. The second-order valence-electron chi connectivity index (χ2n) is 9.33. The van der Waals surface area contributed by atoms with Crippen LogP contribution < -0.4 is 5.32 Å². The van der Waals surface area contributed by atoms with Gasteiger partial charge in [0.25, 0.3) is 0 Å². The molecule has 9 nitrogen and oxygen atoms in total. The molecule has 0 fully saturated rings. The van der Waals surface area contributed by atoms with Crippen LogP contribution in [0.25, 0.3) is 11.0 Å². The van der Waals surface area contributed by atoms with Gasteiger partial charge >= 0.3 is 0 Å². The number of carbonyl (C=O) groups is 1. The zero-order chi connectivity index (χ0) is 26.0. The smallest absolute Gasteiger partial charge is 0.243 e. The van der Waals surface area contributed by atoms with Crippen LogP contribution in [-0.4, -0.2) is 45.8 Å².